The SMILES string of the molecule is Nc1cc(-c2ccc(F)c(C(F)(F)F)c2)on1. The molecule has 7 heteroatoms. The molecule has 0 bridgehead atoms. The Bertz CT molecular complexity index is 547. The molecule has 2 aromatic rings. The zero-order valence-electron chi connectivity index (χ0n) is 8.25. The Balaban J connectivity index is 2.51. The van der Waals surface area contributed by atoms with Gasteiger partial charge in [0.05, 0.1) is 5.56 Å². The summed E-state index contributed by atoms with van der Waals surface area (Å²) >= 11 is 0. The van der Waals surface area contributed by atoms with Crippen molar-refractivity contribution in [2.75, 3.05) is 5.73 Å². The number of halogens is 4. The number of alkyl halides is 3. The van der Waals surface area contributed by atoms with Gasteiger partial charge in [-0.05, 0) is 18.2 Å². The van der Waals surface area contributed by atoms with Gasteiger partial charge in [0, 0.05) is 11.6 Å². The van der Waals surface area contributed by atoms with Crippen LogP contribution in [0, 0.1) is 5.82 Å². The number of hydrogen-bond acceptors (Lipinski definition) is 3. The molecule has 0 atom stereocenters. The largest absolute Gasteiger partial charge is 0.419 e. The van der Waals surface area contributed by atoms with Crippen LogP contribution in [0.25, 0.3) is 11.3 Å². The summed E-state index contributed by atoms with van der Waals surface area (Å²) in [6.45, 7) is 0. The highest BCUT2D eigenvalue weighted by molar-refractivity contribution is 5.61. The van der Waals surface area contributed by atoms with Crippen LogP contribution < -0.4 is 5.73 Å². The lowest BCUT2D eigenvalue weighted by atomic mass is 10.1. The highest BCUT2D eigenvalue weighted by atomic mass is 19.4. The minimum absolute atomic E-state index is 0.0397. The number of aromatic nitrogens is 1. The smallest absolute Gasteiger partial charge is 0.381 e. The van der Waals surface area contributed by atoms with E-state index in [2.05, 4.69) is 5.16 Å². The fraction of sp³-hybridized carbons (Fsp3) is 0.100. The molecule has 0 fully saturated rings. The lowest BCUT2D eigenvalue weighted by Crippen LogP contribution is -2.08. The molecule has 0 aliphatic heterocycles. The van der Waals surface area contributed by atoms with Crippen LogP contribution in [0.1, 0.15) is 5.56 Å². The van der Waals surface area contributed by atoms with E-state index in [9.17, 15) is 17.6 Å². The van der Waals surface area contributed by atoms with Gasteiger partial charge in [-0.3, -0.25) is 0 Å². The molecule has 1 aromatic heterocycles. The molecule has 0 amide bonds. The highest BCUT2D eigenvalue weighted by Crippen LogP contribution is 2.34. The molecule has 0 spiro atoms. The number of nitrogens with zero attached hydrogens (tertiary/aromatic N) is 1. The Morgan fingerprint density at radius 1 is 1.18 bits per heavy atom. The van der Waals surface area contributed by atoms with Crippen molar-refractivity contribution >= 4 is 5.82 Å². The van der Waals surface area contributed by atoms with E-state index in [1.165, 1.54) is 6.07 Å². The summed E-state index contributed by atoms with van der Waals surface area (Å²) in [4.78, 5) is 0. The van der Waals surface area contributed by atoms with Crippen molar-refractivity contribution in [1.29, 1.82) is 0 Å². The molecule has 2 rings (SSSR count). The van der Waals surface area contributed by atoms with Gasteiger partial charge in [-0.15, -0.1) is 0 Å². The monoisotopic (exact) mass is 246 g/mol. The maximum atomic E-state index is 13.0. The average Bonchev–Trinajstić information content (AvgIpc) is 2.64. The number of anilines is 1. The van der Waals surface area contributed by atoms with Crippen molar-refractivity contribution in [3.05, 3.63) is 35.6 Å². The normalized spacial score (nSPS) is 11.8. The molecular weight excluding hydrogens is 240 g/mol. The average molecular weight is 246 g/mol. The Kier molecular flexibility index (Phi) is 2.53. The molecule has 2 N–H and O–H groups in total. The number of hydrogen-bond donors (Lipinski definition) is 1. The van der Waals surface area contributed by atoms with E-state index in [0.29, 0.717) is 6.07 Å². The van der Waals surface area contributed by atoms with Crippen molar-refractivity contribution in [3.8, 4) is 11.3 Å². The lowest BCUT2D eigenvalue weighted by Gasteiger charge is -2.08. The Morgan fingerprint density at radius 3 is 2.41 bits per heavy atom. The summed E-state index contributed by atoms with van der Waals surface area (Å²) in [6, 6.07) is 3.78. The molecule has 0 saturated carbocycles. The minimum atomic E-state index is -4.76. The van der Waals surface area contributed by atoms with Crippen LogP contribution in [0.3, 0.4) is 0 Å². The molecule has 0 unspecified atom stereocenters. The van der Waals surface area contributed by atoms with Gasteiger partial charge in [0.15, 0.2) is 11.6 Å². The van der Waals surface area contributed by atoms with E-state index >= 15 is 0 Å². The second kappa shape index (κ2) is 3.76. The van der Waals surface area contributed by atoms with Gasteiger partial charge in [-0.25, -0.2) is 4.39 Å². The molecule has 1 heterocycles. The van der Waals surface area contributed by atoms with Gasteiger partial charge in [0.2, 0.25) is 0 Å². The van der Waals surface area contributed by atoms with Gasteiger partial charge in [0.1, 0.15) is 5.82 Å². The van der Waals surface area contributed by atoms with Crippen molar-refractivity contribution in [2.24, 2.45) is 0 Å². The van der Waals surface area contributed by atoms with Crippen LogP contribution in [-0.2, 0) is 6.18 Å². The summed E-state index contributed by atoms with van der Waals surface area (Å²) in [5, 5.41) is 3.34. The van der Waals surface area contributed by atoms with E-state index in [0.717, 1.165) is 12.1 Å². The second-order valence-corrected chi connectivity index (χ2v) is 3.31. The third-order valence-corrected chi connectivity index (χ3v) is 2.08. The lowest BCUT2D eigenvalue weighted by molar-refractivity contribution is -0.139. The first-order valence-electron chi connectivity index (χ1n) is 4.47. The third-order valence-electron chi connectivity index (χ3n) is 2.08. The molecule has 1 aromatic carbocycles. The molecule has 0 aliphatic rings. The van der Waals surface area contributed by atoms with Crippen LogP contribution >= 0.6 is 0 Å². The fourth-order valence-corrected chi connectivity index (χ4v) is 1.32. The molecule has 90 valence electrons. The van der Waals surface area contributed by atoms with Crippen LogP contribution in [0.5, 0.6) is 0 Å². The van der Waals surface area contributed by atoms with Gasteiger partial charge in [-0.2, -0.15) is 13.2 Å². The Hall–Kier alpha value is -2.05. The quantitative estimate of drug-likeness (QED) is 0.786. The third kappa shape index (κ3) is 2.22. The van der Waals surface area contributed by atoms with E-state index in [-0.39, 0.29) is 17.1 Å². The van der Waals surface area contributed by atoms with Crippen molar-refractivity contribution in [1.82, 2.24) is 5.16 Å². The van der Waals surface area contributed by atoms with Crippen LogP contribution in [0.4, 0.5) is 23.4 Å². The second-order valence-electron chi connectivity index (χ2n) is 3.31. The number of nitrogen functional groups attached to an aromatic ring is 1. The van der Waals surface area contributed by atoms with E-state index in [4.69, 9.17) is 10.3 Å². The zero-order chi connectivity index (χ0) is 12.6. The molecular formula is C10H6F4N2O. The predicted octanol–water partition coefficient (Wildman–Crippen LogP) is 3.08. The van der Waals surface area contributed by atoms with Crippen molar-refractivity contribution in [3.63, 3.8) is 0 Å². The van der Waals surface area contributed by atoms with Gasteiger partial charge >= 0.3 is 6.18 Å². The maximum Gasteiger partial charge on any atom is 0.419 e. The van der Waals surface area contributed by atoms with E-state index in [1.54, 1.807) is 0 Å². The summed E-state index contributed by atoms with van der Waals surface area (Å²) in [7, 11) is 0. The first kappa shape index (κ1) is 11.4. The molecule has 0 saturated heterocycles. The first-order chi connectivity index (χ1) is 7.88. The van der Waals surface area contributed by atoms with Gasteiger partial charge in [-0.1, -0.05) is 5.16 Å². The fourth-order valence-electron chi connectivity index (χ4n) is 1.32. The standard InChI is InChI=1S/C10H6F4N2O/c11-7-2-1-5(3-6(7)10(12,13)14)8-4-9(15)16-17-8/h1-4H,(H2,15,16). The number of nitrogens with two attached hydrogens (primary N) is 1. The summed E-state index contributed by atoms with van der Waals surface area (Å²) in [5.41, 5.74) is 3.97. The van der Waals surface area contributed by atoms with Crippen LogP contribution in [-0.4, -0.2) is 5.16 Å². The van der Waals surface area contributed by atoms with E-state index < -0.39 is 17.6 Å². The zero-order valence-corrected chi connectivity index (χ0v) is 8.25. The van der Waals surface area contributed by atoms with Gasteiger partial charge in [0.25, 0.3) is 0 Å². The molecule has 17 heavy (non-hydrogen) atoms. The predicted molar refractivity (Wildman–Crippen MR) is 51.3 cm³/mol. The first-order valence-corrected chi connectivity index (χ1v) is 4.47. The van der Waals surface area contributed by atoms with Crippen molar-refractivity contribution in [2.45, 2.75) is 6.18 Å². The number of rotatable bonds is 1. The summed E-state index contributed by atoms with van der Waals surface area (Å²) < 4.78 is 55.0. The van der Waals surface area contributed by atoms with Crippen molar-refractivity contribution < 1.29 is 22.1 Å². The summed E-state index contributed by atoms with van der Waals surface area (Å²) in [6.07, 6.45) is -4.76. The molecule has 0 radical (unpaired) electrons. The van der Waals surface area contributed by atoms with Gasteiger partial charge < -0.3 is 10.3 Å². The maximum absolute atomic E-state index is 13.0. The highest BCUT2D eigenvalue weighted by Gasteiger charge is 2.34. The van der Waals surface area contributed by atoms with E-state index in [1.807, 2.05) is 0 Å². The summed E-state index contributed by atoms with van der Waals surface area (Å²) in [5.74, 6) is -1.25. The van der Waals surface area contributed by atoms with Crippen LogP contribution in [0.2, 0.25) is 0 Å². The minimum Gasteiger partial charge on any atom is -0.381 e. The molecule has 0 aliphatic carbocycles. The Labute approximate surface area is 92.8 Å². The molecule has 3 nitrogen and oxygen atoms in total. The number of benzene rings is 1. The Morgan fingerprint density at radius 2 is 1.88 bits per heavy atom. The van der Waals surface area contributed by atoms with Crippen LogP contribution in [0.15, 0.2) is 28.8 Å². The topological polar surface area (TPSA) is 52.0 Å².